The molecule has 1 fully saturated rings. The lowest BCUT2D eigenvalue weighted by atomic mass is 10.2. The third-order valence-corrected chi connectivity index (χ3v) is 7.60. The van der Waals surface area contributed by atoms with Gasteiger partial charge in [-0.25, -0.2) is 4.99 Å². The van der Waals surface area contributed by atoms with Crippen molar-refractivity contribution in [2.45, 2.75) is 31.6 Å². The third-order valence-electron chi connectivity index (χ3n) is 5.16. The molecule has 2 aliphatic rings. The van der Waals surface area contributed by atoms with Gasteiger partial charge in [-0.1, -0.05) is 43.3 Å². The number of aryl methyl sites for hydroxylation is 1. The summed E-state index contributed by atoms with van der Waals surface area (Å²) in [5, 5.41) is 1.71. The van der Waals surface area contributed by atoms with Gasteiger partial charge in [-0.3, -0.25) is 9.69 Å². The van der Waals surface area contributed by atoms with Crippen LogP contribution in [0.3, 0.4) is 0 Å². The molecule has 4 rings (SSSR count). The van der Waals surface area contributed by atoms with E-state index in [-0.39, 0.29) is 5.91 Å². The van der Waals surface area contributed by atoms with Crippen molar-refractivity contribution in [3.05, 3.63) is 58.0 Å². The second-order valence-corrected chi connectivity index (χ2v) is 9.23. The number of benzene rings is 2. The molecule has 2 aromatic rings. The summed E-state index contributed by atoms with van der Waals surface area (Å²) >= 11 is 3.10. The number of amides is 1. The largest absolute Gasteiger partial charge is 0.497 e. The Labute approximate surface area is 186 Å². The Morgan fingerprint density at radius 2 is 1.93 bits per heavy atom. The van der Waals surface area contributed by atoms with E-state index in [0.717, 1.165) is 55.5 Å². The molecule has 0 unspecified atom stereocenters. The number of hydrogen-bond acceptors (Lipinski definition) is 6. The van der Waals surface area contributed by atoms with Gasteiger partial charge in [-0.05, 0) is 48.9 Å². The van der Waals surface area contributed by atoms with Crippen LogP contribution in [0.25, 0.3) is 0 Å². The van der Waals surface area contributed by atoms with Crippen molar-refractivity contribution in [1.82, 2.24) is 4.90 Å². The first-order valence-electron chi connectivity index (χ1n) is 10.0. The number of nitrogens with zero attached hydrogens (tertiary/aromatic N) is 3. The fraction of sp³-hybridized carbons (Fsp3) is 0.304. The standard InChI is InChI=1S/C23H25N3O2S2/c1-5-6-13-26-21(27)20(30-23(26)24-17-10-8-7-9-15(17)2)22-25(3)18-14-16(28-4)11-12-19(18)29-22/h7-12,14H,5-6,13H2,1-4H3. The van der Waals surface area contributed by atoms with Gasteiger partial charge in [0.25, 0.3) is 5.91 Å². The number of methoxy groups -OCH3 is 1. The number of carbonyl (C=O) groups excluding carboxylic acids is 1. The first-order chi connectivity index (χ1) is 14.5. The zero-order valence-corrected chi connectivity index (χ0v) is 19.3. The van der Waals surface area contributed by atoms with E-state index in [1.54, 1.807) is 18.9 Å². The van der Waals surface area contributed by atoms with Gasteiger partial charge in [0.1, 0.15) is 10.7 Å². The molecule has 0 saturated carbocycles. The van der Waals surface area contributed by atoms with Crippen LogP contribution in [0.15, 0.2) is 62.3 Å². The van der Waals surface area contributed by atoms with Gasteiger partial charge in [0, 0.05) is 24.6 Å². The summed E-state index contributed by atoms with van der Waals surface area (Å²) in [5.74, 6) is 0.846. The number of unbranched alkanes of at least 4 members (excludes halogenated alkanes) is 1. The molecule has 2 heterocycles. The van der Waals surface area contributed by atoms with Gasteiger partial charge < -0.3 is 9.64 Å². The number of aliphatic imine (C=N–C) groups is 1. The summed E-state index contributed by atoms with van der Waals surface area (Å²) in [6.45, 7) is 4.86. The average Bonchev–Trinajstić information content (AvgIpc) is 3.24. The van der Waals surface area contributed by atoms with Crippen molar-refractivity contribution in [3.63, 3.8) is 0 Å². The van der Waals surface area contributed by atoms with Crippen LogP contribution < -0.4 is 9.64 Å². The molecule has 0 N–H and O–H groups in total. The van der Waals surface area contributed by atoms with Crippen molar-refractivity contribution in [2.75, 3.05) is 25.6 Å². The topological polar surface area (TPSA) is 45.1 Å². The highest BCUT2D eigenvalue weighted by Crippen LogP contribution is 2.51. The molecule has 7 heteroatoms. The van der Waals surface area contributed by atoms with Gasteiger partial charge in [0.2, 0.25) is 0 Å². The van der Waals surface area contributed by atoms with Crippen molar-refractivity contribution in [2.24, 2.45) is 4.99 Å². The Kier molecular flexibility index (Phi) is 6.11. The van der Waals surface area contributed by atoms with Gasteiger partial charge >= 0.3 is 0 Å². The Morgan fingerprint density at radius 1 is 1.13 bits per heavy atom. The molecule has 0 radical (unpaired) electrons. The number of para-hydroxylation sites is 1. The summed E-state index contributed by atoms with van der Waals surface area (Å²) < 4.78 is 5.37. The summed E-state index contributed by atoms with van der Waals surface area (Å²) in [6, 6.07) is 14.0. The number of hydrogen-bond donors (Lipinski definition) is 0. The van der Waals surface area contributed by atoms with Crippen molar-refractivity contribution < 1.29 is 9.53 Å². The lowest BCUT2D eigenvalue weighted by Gasteiger charge is -2.16. The van der Waals surface area contributed by atoms with Crippen molar-refractivity contribution >= 4 is 46.0 Å². The highest BCUT2D eigenvalue weighted by molar-refractivity contribution is 8.19. The zero-order valence-electron chi connectivity index (χ0n) is 17.6. The van der Waals surface area contributed by atoms with Gasteiger partial charge in [0.05, 0.1) is 23.5 Å². The lowest BCUT2D eigenvalue weighted by molar-refractivity contribution is -0.122. The molecule has 0 aromatic heterocycles. The number of rotatable bonds is 5. The summed E-state index contributed by atoms with van der Waals surface area (Å²) in [5.41, 5.74) is 3.06. The van der Waals surface area contributed by atoms with Gasteiger partial charge in [-0.2, -0.15) is 0 Å². The molecular formula is C23H25N3O2S2. The quantitative estimate of drug-likeness (QED) is 0.553. The maximum Gasteiger partial charge on any atom is 0.269 e. The van der Waals surface area contributed by atoms with Crippen LogP contribution in [-0.2, 0) is 4.79 Å². The SMILES string of the molecule is CCCCN1C(=O)C(=C2Sc3ccc(OC)cc3N2C)SC1=Nc1ccccc1C. The van der Waals surface area contributed by atoms with Crippen molar-refractivity contribution in [3.8, 4) is 5.75 Å². The third kappa shape index (κ3) is 3.84. The number of amidine groups is 1. The number of thioether (sulfide) groups is 2. The van der Waals surface area contributed by atoms with Crippen LogP contribution in [0.2, 0.25) is 0 Å². The molecule has 1 amide bonds. The maximum atomic E-state index is 13.4. The molecule has 0 atom stereocenters. The summed E-state index contributed by atoms with van der Waals surface area (Å²) in [6.07, 6.45) is 1.97. The smallest absolute Gasteiger partial charge is 0.269 e. The fourth-order valence-corrected chi connectivity index (χ4v) is 5.72. The molecule has 2 aromatic carbocycles. The average molecular weight is 440 g/mol. The van der Waals surface area contributed by atoms with E-state index in [9.17, 15) is 4.79 Å². The molecule has 30 heavy (non-hydrogen) atoms. The van der Waals surface area contributed by atoms with E-state index < -0.39 is 0 Å². The van der Waals surface area contributed by atoms with E-state index in [4.69, 9.17) is 9.73 Å². The molecule has 5 nitrogen and oxygen atoms in total. The molecular weight excluding hydrogens is 414 g/mol. The normalized spacial score (nSPS) is 19.7. The molecule has 1 saturated heterocycles. The Bertz CT molecular complexity index is 1050. The number of anilines is 1. The highest BCUT2D eigenvalue weighted by atomic mass is 32.2. The molecule has 156 valence electrons. The van der Waals surface area contributed by atoms with Crippen molar-refractivity contribution in [1.29, 1.82) is 0 Å². The zero-order chi connectivity index (χ0) is 21.3. The monoisotopic (exact) mass is 439 g/mol. The van der Waals surface area contributed by atoms with E-state index >= 15 is 0 Å². The van der Waals surface area contributed by atoms with Crippen LogP contribution in [0, 0.1) is 6.92 Å². The minimum atomic E-state index is 0.0369. The lowest BCUT2D eigenvalue weighted by Crippen LogP contribution is -2.30. The number of carbonyl (C=O) groups is 1. The minimum absolute atomic E-state index is 0.0369. The molecule has 2 aliphatic heterocycles. The summed E-state index contributed by atoms with van der Waals surface area (Å²) in [7, 11) is 3.67. The maximum absolute atomic E-state index is 13.4. The second-order valence-electron chi connectivity index (χ2n) is 7.22. The van der Waals surface area contributed by atoms with Crippen LogP contribution in [-0.4, -0.2) is 36.7 Å². The van der Waals surface area contributed by atoms with Crippen LogP contribution >= 0.6 is 23.5 Å². The fourth-order valence-electron chi connectivity index (χ4n) is 3.38. The first-order valence-corrected chi connectivity index (χ1v) is 11.6. The van der Waals surface area contributed by atoms with Crippen LogP contribution in [0.5, 0.6) is 5.75 Å². The Hall–Kier alpha value is -2.38. The number of fused-ring (bicyclic) bond motifs is 1. The van der Waals surface area contributed by atoms with Gasteiger partial charge in [-0.15, -0.1) is 0 Å². The van der Waals surface area contributed by atoms with E-state index in [2.05, 4.69) is 11.8 Å². The van der Waals surface area contributed by atoms with E-state index in [1.165, 1.54) is 11.8 Å². The second kappa shape index (κ2) is 8.78. The van der Waals surface area contributed by atoms with Crippen LogP contribution in [0.4, 0.5) is 11.4 Å². The first kappa shape index (κ1) is 20.9. The van der Waals surface area contributed by atoms with E-state index in [1.807, 2.05) is 61.3 Å². The molecule has 0 aliphatic carbocycles. The predicted molar refractivity (Wildman–Crippen MR) is 127 cm³/mol. The predicted octanol–water partition coefficient (Wildman–Crippen LogP) is 5.78. The minimum Gasteiger partial charge on any atom is -0.497 e. The van der Waals surface area contributed by atoms with E-state index in [0.29, 0.717) is 6.54 Å². The molecule has 0 bridgehead atoms. The Balaban J connectivity index is 1.73. The van der Waals surface area contributed by atoms with Crippen LogP contribution in [0.1, 0.15) is 25.3 Å². The number of ether oxygens (including phenoxy) is 1. The summed E-state index contributed by atoms with van der Waals surface area (Å²) in [4.78, 5) is 24.0. The highest BCUT2D eigenvalue weighted by Gasteiger charge is 2.39. The van der Waals surface area contributed by atoms with Gasteiger partial charge in [0.15, 0.2) is 5.17 Å². The molecule has 0 spiro atoms. The Morgan fingerprint density at radius 3 is 2.67 bits per heavy atom.